The Morgan fingerprint density at radius 2 is 1.92 bits per heavy atom. The molecule has 0 spiro atoms. The first kappa shape index (κ1) is 17.5. The molecule has 0 saturated carbocycles. The lowest BCUT2D eigenvalue weighted by Gasteiger charge is -2.35. The number of hydrogen-bond donors (Lipinski definition) is 1. The Bertz CT molecular complexity index is 934. The average molecular weight is 387 g/mol. The number of benzene rings is 1. The van der Waals surface area contributed by atoms with Gasteiger partial charge in [-0.1, -0.05) is 35.9 Å². The van der Waals surface area contributed by atoms with Crippen molar-refractivity contribution in [2.75, 3.05) is 13.1 Å². The molecule has 1 aliphatic rings. The van der Waals surface area contributed by atoms with Crippen molar-refractivity contribution < 1.29 is 9.90 Å². The Morgan fingerprint density at radius 3 is 2.62 bits per heavy atom. The van der Waals surface area contributed by atoms with Crippen LogP contribution in [0.5, 0.6) is 0 Å². The maximum atomic E-state index is 11.3. The number of carboxylic acids is 1. The molecule has 3 aromatic rings. The molecule has 3 heterocycles. The van der Waals surface area contributed by atoms with E-state index in [1.807, 2.05) is 24.3 Å². The molecule has 0 amide bonds. The number of hydrogen-bond acceptors (Lipinski definition) is 4. The molecule has 4 nitrogen and oxygen atoms in total. The molecule has 6 heteroatoms. The van der Waals surface area contributed by atoms with Gasteiger partial charge in [-0.15, -0.1) is 11.3 Å². The molecule has 1 aromatic carbocycles. The van der Waals surface area contributed by atoms with Gasteiger partial charge in [0.15, 0.2) is 0 Å². The number of halogens is 1. The lowest BCUT2D eigenvalue weighted by Crippen LogP contribution is -2.39. The number of fused-ring (bicyclic) bond motifs is 1. The fourth-order valence-electron chi connectivity index (χ4n) is 3.63. The highest BCUT2D eigenvalue weighted by Crippen LogP contribution is 2.37. The normalized spacial score (nSPS) is 17.4. The van der Waals surface area contributed by atoms with Crippen LogP contribution in [0.15, 0.2) is 48.5 Å². The number of aliphatic carboxylic acids is 1. The molecular formula is C20H19ClN2O2S. The van der Waals surface area contributed by atoms with Crippen LogP contribution in [0.4, 0.5) is 0 Å². The van der Waals surface area contributed by atoms with Gasteiger partial charge in [-0.2, -0.15) is 0 Å². The van der Waals surface area contributed by atoms with Crippen molar-refractivity contribution in [3.8, 4) is 0 Å². The summed E-state index contributed by atoms with van der Waals surface area (Å²) in [7, 11) is 0. The van der Waals surface area contributed by atoms with Gasteiger partial charge in [-0.25, -0.2) is 0 Å². The van der Waals surface area contributed by atoms with Gasteiger partial charge in [0, 0.05) is 10.3 Å². The minimum Gasteiger partial charge on any atom is -0.481 e. The number of nitrogens with zero attached hydrogens (tertiary/aromatic N) is 2. The van der Waals surface area contributed by atoms with Crippen LogP contribution in [-0.2, 0) is 4.79 Å². The number of likely N-dealkylation sites (tertiary alicyclic amines) is 1. The summed E-state index contributed by atoms with van der Waals surface area (Å²) in [6.45, 7) is 1.48. The van der Waals surface area contributed by atoms with E-state index >= 15 is 0 Å². The quantitative estimate of drug-likeness (QED) is 0.697. The summed E-state index contributed by atoms with van der Waals surface area (Å²) < 4.78 is 0.756. The number of piperidine rings is 1. The van der Waals surface area contributed by atoms with Crippen LogP contribution >= 0.6 is 22.9 Å². The first-order valence-corrected chi connectivity index (χ1v) is 9.89. The largest absolute Gasteiger partial charge is 0.481 e. The van der Waals surface area contributed by atoms with E-state index < -0.39 is 5.97 Å². The molecule has 1 saturated heterocycles. The van der Waals surface area contributed by atoms with E-state index in [0.717, 1.165) is 38.9 Å². The second kappa shape index (κ2) is 7.35. The minimum atomic E-state index is -0.691. The fourth-order valence-corrected chi connectivity index (χ4v) is 4.84. The van der Waals surface area contributed by atoms with Crippen molar-refractivity contribution in [2.24, 2.45) is 5.92 Å². The molecule has 1 unspecified atom stereocenters. The zero-order valence-electron chi connectivity index (χ0n) is 14.1. The average Bonchev–Trinajstić information content (AvgIpc) is 3.08. The highest BCUT2D eigenvalue weighted by molar-refractivity contribution is 7.16. The Kier molecular flexibility index (Phi) is 4.94. The van der Waals surface area contributed by atoms with Gasteiger partial charge >= 0.3 is 5.97 Å². The molecule has 1 atom stereocenters. The van der Waals surface area contributed by atoms with Crippen LogP contribution in [0.1, 0.15) is 29.5 Å². The Balaban J connectivity index is 1.70. The number of rotatable bonds is 4. The van der Waals surface area contributed by atoms with E-state index in [4.69, 9.17) is 16.6 Å². The van der Waals surface area contributed by atoms with Crippen molar-refractivity contribution in [3.05, 3.63) is 63.4 Å². The monoisotopic (exact) mass is 386 g/mol. The van der Waals surface area contributed by atoms with Crippen LogP contribution in [0, 0.1) is 5.92 Å². The smallest absolute Gasteiger partial charge is 0.306 e. The second-order valence-corrected chi connectivity index (χ2v) is 8.37. The number of aromatic nitrogens is 1. The molecular weight excluding hydrogens is 368 g/mol. The summed E-state index contributed by atoms with van der Waals surface area (Å²) in [6.07, 6.45) is 1.33. The lowest BCUT2D eigenvalue weighted by atomic mass is 9.95. The number of para-hydroxylation sites is 1. The molecule has 4 rings (SSSR count). The summed E-state index contributed by atoms with van der Waals surface area (Å²) >= 11 is 7.76. The van der Waals surface area contributed by atoms with Crippen LogP contribution in [0.25, 0.3) is 10.9 Å². The molecule has 0 aliphatic carbocycles. The summed E-state index contributed by atoms with van der Waals surface area (Å²) in [4.78, 5) is 19.6. The van der Waals surface area contributed by atoms with Crippen molar-refractivity contribution in [1.82, 2.24) is 9.88 Å². The van der Waals surface area contributed by atoms with Gasteiger partial charge < -0.3 is 5.11 Å². The SMILES string of the molecule is O=C(O)C1CCN(C(c2ccc3ccccc3n2)c2ccc(Cl)s2)CC1. The lowest BCUT2D eigenvalue weighted by molar-refractivity contribution is -0.143. The first-order chi connectivity index (χ1) is 12.6. The molecule has 0 radical (unpaired) electrons. The summed E-state index contributed by atoms with van der Waals surface area (Å²) in [6, 6.07) is 16.2. The molecule has 134 valence electrons. The van der Waals surface area contributed by atoms with Crippen molar-refractivity contribution in [1.29, 1.82) is 0 Å². The van der Waals surface area contributed by atoms with Gasteiger partial charge in [-0.05, 0) is 50.2 Å². The molecule has 1 fully saturated rings. The molecule has 26 heavy (non-hydrogen) atoms. The van der Waals surface area contributed by atoms with Gasteiger partial charge in [0.1, 0.15) is 0 Å². The summed E-state index contributed by atoms with van der Waals surface area (Å²) in [5, 5.41) is 10.4. The zero-order chi connectivity index (χ0) is 18.1. The van der Waals surface area contributed by atoms with Crippen molar-refractivity contribution >= 4 is 39.8 Å². The third kappa shape index (κ3) is 3.47. The maximum Gasteiger partial charge on any atom is 0.306 e. The van der Waals surface area contributed by atoms with Crippen molar-refractivity contribution in [3.63, 3.8) is 0 Å². The maximum absolute atomic E-state index is 11.3. The summed E-state index contributed by atoms with van der Waals surface area (Å²) in [5.41, 5.74) is 1.95. The number of pyridine rings is 1. The second-order valence-electron chi connectivity index (χ2n) is 6.62. The van der Waals surface area contributed by atoms with E-state index in [1.54, 1.807) is 11.3 Å². The standard InChI is InChI=1S/C20H19ClN2O2S/c21-18-8-7-17(26-18)19(23-11-9-14(10-12-23)20(24)25)16-6-5-13-3-1-2-4-15(13)22-16/h1-8,14,19H,9-12H2,(H,24,25). The van der Waals surface area contributed by atoms with Gasteiger partial charge in [0.2, 0.25) is 0 Å². The fraction of sp³-hybridized carbons (Fsp3) is 0.300. The molecule has 1 aliphatic heterocycles. The van der Waals surface area contributed by atoms with Crippen LogP contribution in [0.2, 0.25) is 4.34 Å². The van der Waals surface area contributed by atoms with E-state index in [1.165, 1.54) is 0 Å². The Hall–Kier alpha value is -1.95. The van der Waals surface area contributed by atoms with E-state index in [-0.39, 0.29) is 12.0 Å². The van der Waals surface area contributed by atoms with Crippen molar-refractivity contribution in [2.45, 2.75) is 18.9 Å². The number of carbonyl (C=O) groups is 1. The van der Waals surface area contributed by atoms with Crippen LogP contribution in [0.3, 0.4) is 0 Å². The predicted octanol–water partition coefficient (Wildman–Crippen LogP) is 4.84. The van der Waals surface area contributed by atoms with Gasteiger partial charge in [0.25, 0.3) is 0 Å². The van der Waals surface area contributed by atoms with E-state index in [9.17, 15) is 9.90 Å². The highest BCUT2D eigenvalue weighted by atomic mass is 35.5. The van der Waals surface area contributed by atoms with Crippen LogP contribution < -0.4 is 0 Å². The predicted molar refractivity (Wildman–Crippen MR) is 105 cm³/mol. The molecule has 1 N–H and O–H groups in total. The third-order valence-electron chi connectivity index (χ3n) is 5.01. The first-order valence-electron chi connectivity index (χ1n) is 8.69. The van der Waals surface area contributed by atoms with E-state index in [2.05, 4.69) is 29.2 Å². The summed E-state index contributed by atoms with van der Waals surface area (Å²) in [5.74, 6) is -0.937. The van der Waals surface area contributed by atoms with Crippen LogP contribution in [-0.4, -0.2) is 34.0 Å². The Morgan fingerprint density at radius 1 is 1.15 bits per heavy atom. The molecule has 2 aromatic heterocycles. The van der Waals surface area contributed by atoms with Gasteiger partial charge in [-0.3, -0.25) is 14.7 Å². The Labute approximate surface area is 161 Å². The van der Waals surface area contributed by atoms with E-state index in [0.29, 0.717) is 12.8 Å². The topological polar surface area (TPSA) is 53.4 Å². The van der Waals surface area contributed by atoms with Gasteiger partial charge in [0.05, 0.1) is 27.5 Å². The minimum absolute atomic E-state index is 0.00634. The zero-order valence-corrected chi connectivity index (χ0v) is 15.7. The highest BCUT2D eigenvalue weighted by Gasteiger charge is 2.31. The third-order valence-corrected chi connectivity index (χ3v) is 6.29. The molecule has 0 bridgehead atoms. The number of carboxylic acid groups (broad SMARTS) is 1. The number of thiophene rings is 1.